The third-order valence-corrected chi connectivity index (χ3v) is 4.92. The average Bonchev–Trinajstić information content (AvgIpc) is 2.70. The van der Waals surface area contributed by atoms with Crippen LogP contribution in [0.5, 0.6) is 0 Å². The first-order chi connectivity index (χ1) is 11.7. The van der Waals surface area contributed by atoms with Gasteiger partial charge in [-0.25, -0.2) is 0 Å². The van der Waals surface area contributed by atoms with E-state index in [-0.39, 0.29) is 25.4 Å². The van der Waals surface area contributed by atoms with Crippen molar-refractivity contribution in [3.63, 3.8) is 0 Å². The maximum atomic E-state index is 5.54. The average molecular weight is 347 g/mol. The van der Waals surface area contributed by atoms with Crippen LogP contribution in [0.2, 0.25) is 13.6 Å². The fraction of sp³-hybridized carbons (Fsp3) is 0.667. The summed E-state index contributed by atoms with van der Waals surface area (Å²) in [7, 11) is -0.132. The van der Waals surface area contributed by atoms with E-state index in [0.717, 1.165) is 26.3 Å². The van der Waals surface area contributed by atoms with E-state index in [1.165, 1.54) is 5.69 Å². The Kier molecular flexibility index (Phi) is 6.97. The maximum Gasteiger partial charge on any atom is 0.454 e. The Hall–Kier alpha value is -1.01. The molecule has 3 rings (SSSR count). The molecule has 1 aromatic carbocycles. The van der Waals surface area contributed by atoms with Crippen LogP contribution in [0.4, 0.5) is 5.69 Å². The summed E-state index contributed by atoms with van der Waals surface area (Å²) in [4.78, 5) is 2.28. The van der Waals surface area contributed by atoms with Crippen molar-refractivity contribution in [2.75, 3.05) is 31.2 Å². The fourth-order valence-corrected chi connectivity index (χ4v) is 2.85. The summed E-state index contributed by atoms with van der Waals surface area (Å²) in [5.74, 6) is 0. The number of benzene rings is 1. The number of anilines is 1. The summed E-state index contributed by atoms with van der Waals surface area (Å²) >= 11 is 0. The Morgan fingerprint density at radius 2 is 1.28 bits per heavy atom. The van der Waals surface area contributed by atoms with E-state index in [1.807, 2.05) is 19.7 Å². The molecule has 25 heavy (non-hydrogen) atoms. The minimum Gasteiger partial charge on any atom is -0.409 e. The second-order valence-corrected chi connectivity index (χ2v) is 7.46. The van der Waals surface area contributed by atoms with Crippen molar-refractivity contribution in [1.82, 2.24) is 0 Å². The lowest BCUT2D eigenvalue weighted by Crippen LogP contribution is -2.41. The van der Waals surface area contributed by atoms with Gasteiger partial charge in [0.15, 0.2) is 0 Å². The number of hydrogen-bond donors (Lipinski definition) is 0. The standard InChI is InChI=1S/C11H16BNO2.C7H15BO2/c1-12-14-9-7-13(8-10-15-12)11-5-3-2-4-6-11;1-6(2)7(3,4)10-8(5)9-6/h2-6H,7-10H2,1H3;1-5H3. The predicted molar refractivity (Wildman–Crippen MR) is 104 cm³/mol. The molecule has 2 heterocycles. The van der Waals surface area contributed by atoms with E-state index in [1.54, 1.807) is 0 Å². The summed E-state index contributed by atoms with van der Waals surface area (Å²) in [6.45, 7) is 15.4. The van der Waals surface area contributed by atoms with Gasteiger partial charge in [0.25, 0.3) is 0 Å². The Morgan fingerprint density at radius 3 is 1.68 bits per heavy atom. The highest BCUT2D eigenvalue weighted by Crippen LogP contribution is 2.36. The monoisotopic (exact) mass is 347 g/mol. The van der Waals surface area contributed by atoms with Crippen LogP contribution in [0.15, 0.2) is 30.3 Å². The molecule has 0 aliphatic carbocycles. The summed E-state index contributed by atoms with van der Waals surface area (Å²) < 4.78 is 22.0. The molecule has 1 aromatic rings. The van der Waals surface area contributed by atoms with Crippen LogP contribution in [0.1, 0.15) is 27.7 Å². The smallest absolute Gasteiger partial charge is 0.409 e. The minimum absolute atomic E-state index is 0.0648. The van der Waals surface area contributed by atoms with E-state index >= 15 is 0 Å². The highest BCUT2D eigenvalue weighted by Gasteiger charge is 2.48. The number of para-hydroxylation sites is 1. The lowest BCUT2D eigenvalue weighted by molar-refractivity contribution is 0.00578. The van der Waals surface area contributed by atoms with Gasteiger partial charge in [0, 0.05) is 32.0 Å². The first kappa shape index (κ1) is 20.3. The third-order valence-electron chi connectivity index (χ3n) is 4.92. The van der Waals surface area contributed by atoms with Gasteiger partial charge >= 0.3 is 14.2 Å². The zero-order chi connectivity index (χ0) is 18.5. The molecule has 0 atom stereocenters. The lowest BCUT2D eigenvalue weighted by atomic mass is 9.90. The molecule has 0 amide bonds. The van der Waals surface area contributed by atoms with Crippen molar-refractivity contribution in [3.8, 4) is 0 Å². The van der Waals surface area contributed by atoms with Gasteiger partial charge in [-0.2, -0.15) is 0 Å². The van der Waals surface area contributed by atoms with Crippen LogP contribution in [-0.2, 0) is 18.6 Å². The molecule has 2 aliphatic rings. The van der Waals surface area contributed by atoms with Crippen molar-refractivity contribution >= 4 is 19.9 Å². The molecule has 0 bridgehead atoms. The molecule has 2 aliphatic heterocycles. The molecule has 0 saturated carbocycles. The Balaban J connectivity index is 0.000000196. The van der Waals surface area contributed by atoms with Crippen molar-refractivity contribution in [2.24, 2.45) is 0 Å². The predicted octanol–water partition coefficient (Wildman–Crippen LogP) is 3.37. The van der Waals surface area contributed by atoms with E-state index < -0.39 is 0 Å². The van der Waals surface area contributed by atoms with Crippen molar-refractivity contribution in [2.45, 2.75) is 52.5 Å². The molecule has 0 aromatic heterocycles. The SMILES string of the molecule is CB1OC(C)(C)C(C)(C)O1.CB1OCCN(c2ccccc2)CCO1. The van der Waals surface area contributed by atoms with Gasteiger partial charge < -0.3 is 23.5 Å². The molecule has 0 radical (unpaired) electrons. The van der Waals surface area contributed by atoms with Crippen molar-refractivity contribution in [1.29, 1.82) is 0 Å². The van der Waals surface area contributed by atoms with Gasteiger partial charge in [-0.05, 0) is 53.5 Å². The first-order valence-corrected chi connectivity index (χ1v) is 9.10. The van der Waals surface area contributed by atoms with Gasteiger partial charge in [0.2, 0.25) is 0 Å². The van der Waals surface area contributed by atoms with Crippen LogP contribution >= 0.6 is 0 Å². The highest BCUT2D eigenvalue weighted by molar-refractivity contribution is 6.43. The summed E-state index contributed by atoms with van der Waals surface area (Å²) in [6, 6.07) is 10.4. The summed E-state index contributed by atoms with van der Waals surface area (Å²) in [6.07, 6.45) is 0. The lowest BCUT2D eigenvalue weighted by Gasteiger charge is -2.32. The fourth-order valence-electron chi connectivity index (χ4n) is 2.85. The molecule has 2 fully saturated rings. The van der Waals surface area contributed by atoms with Crippen molar-refractivity contribution < 1.29 is 18.6 Å². The number of rotatable bonds is 1. The zero-order valence-electron chi connectivity index (χ0n) is 16.5. The molecule has 0 N–H and O–H groups in total. The number of nitrogens with zero attached hydrogens (tertiary/aromatic N) is 1. The van der Waals surface area contributed by atoms with E-state index in [2.05, 4.69) is 56.9 Å². The quantitative estimate of drug-likeness (QED) is 0.729. The number of hydrogen-bond acceptors (Lipinski definition) is 5. The molecule has 7 heteroatoms. The molecular formula is C18H31B2NO4. The largest absolute Gasteiger partial charge is 0.454 e. The van der Waals surface area contributed by atoms with Gasteiger partial charge in [-0.3, -0.25) is 0 Å². The summed E-state index contributed by atoms with van der Waals surface area (Å²) in [5.41, 5.74) is 0.915. The van der Waals surface area contributed by atoms with Crippen LogP contribution < -0.4 is 4.90 Å². The van der Waals surface area contributed by atoms with E-state index in [9.17, 15) is 0 Å². The van der Waals surface area contributed by atoms with Gasteiger partial charge in [0.05, 0.1) is 11.2 Å². The molecular weight excluding hydrogens is 316 g/mol. The van der Waals surface area contributed by atoms with Crippen molar-refractivity contribution in [3.05, 3.63) is 30.3 Å². The Bertz CT molecular complexity index is 501. The third kappa shape index (κ3) is 5.74. The van der Waals surface area contributed by atoms with Crippen LogP contribution in [0, 0.1) is 0 Å². The minimum atomic E-state index is -0.160. The van der Waals surface area contributed by atoms with Gasteiger partial charge in [0.1, 0.15) is 0 Å². The second-order valence-electron chi connectivity index (χ2n) is 7.46. The van der Waals surface area contributed by atoms with E-state index in [0.29, 0.717) is 0 Å². The normalized spacial score (nSPS) is 22.7. The Labute approximate surface area is 153 Å². The molecule has 0 spiro atoms. The topological polar surface area (TPSA) is 40.2 Å². The van der Waals surface area contributed by atoms with Gasteiger partial charge in [-0.1, -0.05) is 18.2 Å². The molecule has 138 valence electrons. The second kappa shape index (κ2) is 8.58. The van der Waals surface area contributed by atoms with Crippen LogP contribution in [0.25, 0.3) is 0 Å². The maximum absolute atomic E-state index is 5.54. The van der Waals surface area contributed by atoms with Crippen LogP contribution in [-0.4, -0.2) is 51.7 Å². The Morgan fingerprint density at radius 1 is 0.800 bits per heavy atom. The van der Waals surface area contributed by atoms with E-state index in [4.69, 9.17) is 18.6 Å². The molecule has 2 saturated heterocycles. The first-order valence-electron chi connectivity index (χ1n) is 9.10. The molecule has 5 nitrogen and oxygen atoms in total. The highest BCUT2D eigenvalue weighted by atomic mass is 16.7. The zero-order valence-corrected chi connectivity index (χ0v) is 16.5. The van der Waals surface area contributed by atoms with Crippen LogP contribution in [0.3, 0.4) is 0 Å². The summed E-state index contributed by atoms with van der Waals surface area (Å²) in [5, 5.41) is 0. The van der Waals surface area contributed by atoms with Gasteiger partial charge in [-0.15, -0.1) is 0 Å². The molecule has 0 unspecified atom stereocenters.